The lowest BCUT2D eigenvalue weighted by atomic mass is 10.1. The van der Waals surface area contributed by atoms with Crippen LogP contribution in [0.5, 0.6) is 0 Å². The van der Waals surface area contributed by atoms with Gasteiger partial charge in [-0.3, -0.25) is 14.6 Å². The standard InChI is InChI=1S/C17H19N3O2/c1-10-5-6-14-12(8-10)9-13(11(2)19-14)17(22)20-7-3-4-15(20)16(18)21/h5-6,8-9,15H,3-4,7H2,1-2H3,(H2,18,21). The van der Waals surface area contributed by atoms with E-state index in [1.807, 2.05) is 38.1 Å². The van der Waals surface area contributed by atoms with Crippen molar-refractivity contribution < 1.29 is 9.59 Å². The van der Waals surface area contributed by atoms with Gasteiger partial charge in [-0.25, -0.2) is 0 Å². The second-order valence-electron chi connectivity index (χ2n) is 5.88. The third-order valence-corrected chi connectivity index (χ3v) is 4.23. The molecule has 2 N–H and O–H groups in total. The highest BCUT2D eigenvalue weighted by atomic mass is 16.2. The number of rotatable bonds is 2. The van der Waals surface area contributed by atoms with Crippen LogP contribution in [0.4, 0.5) is 0 Å². The molecule has 3 rings (SSSR count). The summed E-state index contributed by atoms with van der Waals surface area (Å²) in [5, 5.41) is 0.934. The van der Waals surface area contributed by atoms with Gasteiger partial charge in [-0.15, -0.1) is 0 Å². The molecular weight excluding hydrogens is 278 g/mol. The number of amides is 2. The van der Waals surface area contributed by atoms with Crippen molar-refractivity contribution in [2.24, 2.45) is 5.73 Å². The highest BCUT2D eigenvalue weighted by molar-refractivity contribution is 6.01. The van der Waals surface area contributed by atoms with E-state index in [0.29, 0.717) is 24.2 Å². The van der Waals surface area contributed by atoms with Gasteiger partial charge in [0.1, 0.15) is 6.04 Å². The highest BCUT2D eigenvalue weighted by Crippen LogP contribution is 2.23. The number of benzene rings is 1. The SMILES string of the molecule is Cc1ccc2nc(C)c(C(=O)N3CCCC3C(N)=O)cc2c1. The van der Waals surface area contributed by atoms with E-state index in [1.165, 1.54) is 0 Å². The molecule has 2 aromatic rings. The first-order chi connectivity index (χ1) is 10.5. The van der Waals surface area contributed by atoms with Gasteiger partial charge in [0, 0.05) is 11.9 Å². The molecule has 1 aromatic heterocycles. The fourth-order valence-corrected chi connectivity index (χ4v) is 3.07. The lowest BCUT2D eigenvalue weighted by Crippen LogP contribution is -2.43. The van der Waals surface area contributed by atoms with Crippen molar-refractivity contribution in [3.63, 3.8) is 0 Å². The van der Waals surface area contributed by atoms with Crippen LogP contribution in [0.15, 0.2) is 24.3 Å². The molecule has 1 fully saturated rings. The summed E-state index contributed by atoms with van der Waals surface area (Å²) < 4.78 is 0. The molecule has 1 aliphatic rings. The molecule has 1 saturated heterocycles. The number of aryl methyl sites for hydroxylation is 2. The van der Waals surface area contributed by atoms with Gasteiger partial charge in [-0.2, -0.15) is 0 Å². The molecular formula is C17H19N3O2. The topological polar surface area (TPSA) is 76.3 Å². The predicted octanol–water partition coefficient (Wildman–Crippen LogP) is 1.94. The normalized spacial score (nSPS) is 17.9. The van der Waals surface area contributed by atoms with E-state index < -0.39 is 11.9 Å². The zero-order valence-corrected chi connectivity index (χ0v) is 12.8. The molecule has 2 heterocycles. The molecule has 0 bridgehead atoms. The van der Waals surface area contributed by atoms with E-state index in [2.05, 4.69) is 4.98 Å². The molecule has 2 amide bonds. The number of nitrogens with two attached hydrogens (primary N) is 1. The molecule has 0 spiro atoms. The molecule has 0 aliphatic carbocycles. The number of likely N-dealkylation sites (tertiary alicyclic amines) is 1. The summed E-state index contributed by atoms with van der Waals surface area (Å²) in [6.45, 7) is 4.39. The Morgan fingerprint density at radius 2 is 2.05 bits per heavy atom. The van der Waals surface area contributed by atoms with E-state index in [1.54, 1.807) is 4.90 Å². The Kier molecular flexibility index (Phi) is 3.56. The minimum absolute atomic E-state index is 0.158. The zero-order valence-electron chi connectivity index (χ0n) is 12.8. The average Bonchev–Trinajstić information content (AvgIpc) is 2.96. The number of hydrogen-bond acceptors (Lipinski definition) is 3. The molecule has 1 atom stereocenters. The van der Waals surface area contributed by atoms with Crippen molar-refractivity contribution >= 4 is 22.7 Å². The van der Waals surface area contributed by atoms with Crippen LogP contribution in [0, 0.1) is 13.8 Å². The second-order valence-corrected chi connectivity index (χ2v) is 5.88. The van der Waals surface area contributed by atoms with E-state index in [-0.39, 0.29) is 5.91 Å². The second kappa shape index (κ2) is 5.40. The summed E-state index contributed by atoms with van der Waals surface area (Å²) in [6.07, 6.45) is 1.44. The Bertz CT molecular complexity index is 770. The summed E-state index contributed by atoms with van der Waals surface area (Å²) in [5.74, 6) is -0.595. The van der Waals surface area contributed by atoms with Crippen molar-refractivity contribution in [3.05, 3.63) is 41.1 Å². The highest BCUT2D eigenvalue weighted by Gasteiger charge is 2.33. The number of pyridine rings is 1. The number of carbonyl (C=O) groups is 2. The van der Waals surface area contributed by atoms with Crippen LogP contribution in [0.25, 0.3) is 10.9 Å². The molecule has 1 unspecified atom stereocenters. The largest absolute Gasteiger partial charge is 0.368 e. The van der Waals surface area contributed by atoms with Crippen LogP contribution in [0.1, 0.15) is 34.5 Å². The van der Waals surface area contributed by atoms with E-state index >= 15 is 0 Å². The fraction of sp³-hybridized carbons (Fsp3) is 0.353. The number of aromatic nitrogens is 1. The van der Waals surface area contributed by atoms with Gasteiger partial charge in [0.25, 0.3) is 5.91 Å². The van der Waals surface area contributed by atoms with Crippen LogP contribution in [-0.2, 0) is 4.79 Å². The summed E-state index contributed by atoms with van der Waals surface area (Å²) in [7, 11) is 0. The Labute approximate surface area is 129 Å². The third-order valence-electron chi connectivity index (χ3n) is 4.23. The molecule has 1 aliphatic heterocycles. The molecule has 5 nitrogen and oxygen atoms in total. The molecule has 5 heteroatoms. The van der Waals surface area contributed by atoms with Crippen LogP contribution >= 0.6 is 0 Å². The van der Waals surface area contributed by atoms with Gasteiger partial charge in [0.05, 0.1) is 16.8 Å². The minimum Gasteiger partial charge on any atom is -0.368 e. The Morgan fingerprint density at radius 3 is 2.77 bits per heavy atom. The lowest BCUT2D eigenvalue weighted by molar-refractivity contribution is -0.121. The summed E-state index contributed by atoms with van der Waals surface area (Å²) in [6, 6.07) is 7.32. The van der Waals surface area contributed by atoms with Crippen LogP contribution < -0.4 is 5.73 Å². The first kappa shape index (κ1) is 14.5. The Morgan fingerprint density at radius 1 is 1.27 bits per heavy atom. The predicted molar refractivity (Wildman–Crippen MR) is 84.5 cm³/mol. The van der Waals surface area contributed by atoms with Crippen LogP contribution in [0.2, 0.25) is 0 Å². The number of nitrogens with zero attached hydrogens (tertiary/aromatic N) is 2. The van der Waals surface area contributed by atoms with Gasteiger partial charge in [-0.05, 0) is 44.9 Å². The minimum atomic E-state index is -0.500. The summed E-state index contributed by atoms with van der Waals surface area (Å²) >= 11 is 0. The Hall–Kier alpha value is -2.43. The van der Waals surface area contributed by atoms with E-state index in [0.717, 1.165) is 22.9 Å². The first-order valence-electron chi connectivity index (χ1n) is 7.45. The maximum Gasteiger partial charge on any atom is 0.256 e. The van der Waals surface area contributed by atoms with Gasteiger partial charge in [0.15, 0.2) is 0 Å². The monoisotopic (exact) mass is 297 g/mol. The van der Waals surface area contributed by atoms with Gasteiger partial charge in [0.2, 0.25) is 5.91 Å². The number of fused-ring (bicyclic) bond motifs is 1. The van der Waals surface area contributed by atoms with Gasteiger partial charge in [-0.1, -0.05) is 11.6 Å². The molecule has 0 saturated carbocycles. The van der Waals surface area contributed by atoms with Crippen molar-refractivity contribution in [2.75, 3.05) is 6.54 Å². The van der Waals surface area contributed by atoms with Crippen molar-refractivity contribution in [2.45, 2.75) is 32.7 Å². The smallest absolute Gasteiger partial charge is 0.256 e. The molecule has 22 heavy (non-hydrogen) atoms. The number of hydrogen-bond donors (Lipinski definition) is 1. The summed E-state index contributed by atoms with van der Waals surface area (Å²) in [4.78, 5) is 30.4. The zero-order chi connectivity index (χ0) is 15.9. The third kappa shape index (κ3) is 2.43. The van der Waals surface area contributed by atoms with E-state index in [9.17, 15) is 9.59 Å². The van der Waals surface area contributed by atoms with Crippen molar-refractivity contribution in [1.82, 2.24) is 9.88 Å². The molecule has 114 valence electrons. The van der Waals surface area contributed by atoms with Gasteiger partial charge >= 0.3 is 0 Å². The number of carbonyl (C=O) groups excluding carboxylic acids is 2. The first-order valence-corrected chi connectivity index (χ1v) is 7.45. The number of primary amides is 1. The van der Waals surface area contributed by atoms with Crippen LogP contribution in [0.3, 0.4) is 0 Å². The molecule has 1 aromatic carbocycles. The fourth-order valence-electron chi connectivity index (χ4n) is 3.07. The average molecular weight is 297 g/mol. The maximum atomic E-state index is 12.8. The summed E-state index contributed by atoms with van der Waals surface area (Å²) in [5.41, 5.74) is 8.62. The maximum absolute atomic E-state index is 12.8. The van der Waals surface area contributed by atoms with Crippen molar-refractivity contribution in [1.29, 1.82) is 0 Å². The molecule has 0 radical (unpaired) electrons. The quantitative estimate of drug-likeness (QED) is 0.920. The van der Waals surface area contributed by atoms with Crippen molar-refractivity contribution in [3.8, 4) is 0 Å². The van der Waals surface area contributed by atoms with E-state index in [4.69, 9.17) is 5.73 Å². The lowest BCUT2D eigenvalue weighted by Gasteiger charge is -2.23. The van der Waals surface area contributed by atoms with Gasteiger partial charge < -0.3 is 10.6 Å². The Balaban J connectivity index is 2.03. The van der Waals surface area contributed by atoms with Crippen LogP contribution in [-0.4, -0.2) is 34.3 Å².